The monoisotopic (exact) mass is 236 g/mol. The fraction of sp³-hybridized carbons (Fsp3) is 0.929. The molecule has 1 atom stereocenters. The number of amides is 1. The van der Waals surface area contributed by atoms with E-state index < -0.39 is 0 Å². The minimum Gasteiger partial charge on any atom is -0.342 e. The van der Waals surface area contributed by atoms with Gasteiger partial charge in [-0.25, -0.2) is 0 Å². The molecule has 2 saturated heterocycles. The Morgan fingerprint density at radius 1 is 1.18 bits per heavy atom. The molecule has 96 valence electrons. The second-order valence-corrected chi connectivity index (χ2v) is 6.27. The summed E-state index contributed by atoms with van der Waals surface area (Å²) in [7, 11) is 0. The van der Waals surface area contributed by atoms with Gasteiger partial charge in [-0.05, 0) is 45.1 Å². The van der Waals surface area contributed by atoms with Gasteiger partial charge < -0.3 is 10.2 Å². The van der Waals surface area contributed by atoms with Gasteiger partial charge in [0, 0.05) is 31.0 Å². The Balaban J connectivity index is 1.64. The fourth-order valence-corrected chi connectivity index (χ4v) is 3.69. The van der Waals surface area contributed by atoms with Gasteiger partial charge >= 0.3 is 0 Å². The van der Waals surface area contributed by atoms with Gasteiger partial charge in [0.05, 0.1) is 0 Å². The second kappa shape index (κ2) is 4.60. The molecule has 2 heterocycles. The molecule has 1 spiro atoms. The van der Waals surface area contributed by atoms with E-state index in [1.54, 1.807) is 0 Å². The minimum absolute atomic E-state index is 0.377. The van der Waals surface area contributed by atoms with Crippen molar-refractivity contribution in [3.05, 3.63) is 0 Å². The maximum atomic E-state index is 12.3. The molecule has 3 rings (SSSR count). The van der Waals surface area contributed by atoms with Crippen molar-refractivity contribution in [2.45, 2.75) is 44.9 Å². The predicted octanol–water partition coefficient (Wildman–Crippen LogP) is 1.78. The molecule has 3 fully saturated rings. The van der Waals surface area contributed by atoms with Crippen LogP contribution < -0.4 is 5.32 Å². The predicted molar refractivity (Wildman–Crippen MR) is 67.7 cm³/mol. The van der Waals surface area contributed by atoms with E-state index in [1.165, 1.54) is 38.6 Å². The molecular weight excluding hydrogens is 212 g/mol. The summed E-state index contributed by atoms with van der Waals surface area (Å²) < 4.78 is 0. The third kappa shape index (κ3) is 2.22. The number of nitrogens with one attached hydrogen (secondary N) is 1. The van der Waals surface area contributed by atoms with Crippen LogP contribution in [0.1, 0.15) is 44.9 Å². The van der Waals surface area contributed by atoms with E-state index in [2.05, 4.69) is 10.2 Å². The molecule has 0 aromatic carbocycles. The number of hydrogen-bond acceptors (Lipinski definition) is 2. The van der Waals surface area contributed by atoms with Crippen LogP contribution >= 0.6 is 0 Å². The fourth-order valence-electron chi connectivity index (χ4n) is 3.69. The number of likely N-dealkylation sites (tertiary alicyclic amines) is 1. The molecule has 1 N–H and O–H groups in total. The summed E-state index contributed by atoms with van der Waals surface area (Å²) in [6.45, 7) is 4.33. The number of rotatable bonds is 1. The summed E-state index contributed by atoms with van der Waals surface area (Å²) in [4.78, 5) is 14.5. The maximum absolute atomic E-state index is 12.3. The van der Waals surface area contributed by atoms with Gasteiger partial charge in [0.1, 0.15) is 0 Å². The van der Waals surface area contributed by atoms with Crippen LogP contribution in [-0.4, -0.2) is 37.0 Å². The lowest BCUT2D eigenvalue weighted by Crippen LogP contribution is -2.54. The Morgan fingerprint density at radius 2 is 2.00 bits per heavy atom. The van der Waals surface area contributed by atoms with E-state index in [-0.39, 0.29) is 0 Å². The zero-order chi connectivity index (χ0) is 11.7. The summed E-state index contributed by atoms with van der Waals surface area (Å²) in [5, 5.41) is 3.52. The number of nitrogens with zero attached hydrogens (tertiary/aromatic N) is 1. The summed E-state index contributed by atoms with van der Waals surface area (Å²) >= 11 is 0. The van der Waals surface area contributed by atoms with E-state index in [4.69, 9.17) is 0 Å². The number of piperidine rings is 2. The smallest absolute Gasteiger partial charge is 0.225 e. The average molecular weight is 236 g/mol. The highest BCUT2D eigenvalue weighted by molar-refractivity contribution is 5.79. The van der Waals surface area contributed by atoms with Gasteiger partial charge in [-0.15, -0.1) is 0 Å². The topological polar surface area (TPSA) is 32.3 Å². The van der Waals surface area contributed by atoms with Crippen molar-refractivity contribution in [2.24, 2.45) is 11.3 Å². The number of hydrogen-bond donors (Lipinski definition) is 1. The van der Waals surface area contributed by atoms with Crippen LogP contribution in [0.3, 0.4) is 0 Å². The Hall–Kier alpha value is -0.570. The quantitative estimate of drug-likeness (QED) is 0.752. The zero-order valence-corrected chi connectivity index (χ0v) is 10.7. The first-order chi connectivity index (χ1) is 8.29. The van der Waals surface area contributed by atoms with Crippen molar-refractivity contribution < 1.29 is 4.79 Å². The maximum Gasteiger partial charge on any atom is 0.225 e. The molecule has 0 aromatic rings. The van der Waals surface area contributed by atoms with Crippen LogP contribution in [-0.2, 0) is 4.79 Å². The van der Waals surface area contributed by atoms with Gasteiger partial charge in [0.15, 0.2) is 0 Å². The van der Waals surface area contributed by atoms with Crippen molar-refractivity contribution >= 4 is 5.91 Å². The molecule has 0 radical (unpaired) electrons. The highest BCUT2D eigenvalue weighted by Gasteiger charge is 2.40. The molecule has 3 nitrogen and oxygen atoms in total. The van der Waals surface area contributed by atoms with Crippen LogP contribution in [0, 0.1) is 11.3 Å². The third-order valence-corrected chi connectivity index (χ3v) is 4.99. The standard InChI is InChI=1S/C14H24N2O/c17-13(12-4-1-5-12)16-9-3-7-14(11-16)6-2-8-15-10-14/h12,15H,1-11H2. The first kappa shape index (κ1) is 11.5. The first-order valence-electron chi connectivity index (χ1n) is 7.29. The van der Waals surface area contributed by atoms with Gasteiger partial charge in [-0.3, -0.25) is 4.79 Å². The molecule has 3 aliphatic rings. The normalized spacial score (nSPS) is 34.7. The van der Waals surface area contributed by atoms with E-state index in [0.717, 1.165) is 32.5 Å². The molecule has 3 heteroatoms. The summed E-state index contributed by atoms with van der Waals surface area (Å²) in [5.41, 5.74) is 0.413. The van der Waals surface area contributed by atoms with Gasteiger partial charge in [0.2, 0.25) is 5.91 Å². The van der Waals surface area contributed by atoms with Crippen molar-refractivity contribution in [1.82, 2.24) is 10.2 Å². The van der Waals surface area contributed by atoms with Gasteiger partial charge in [-0.2, -0.15) is 0 Å². The molecule has 1 aliphatic carbocycles. The largest absolute Gasteiger partial charge is 0.342 e. The van der Waals surface area contributed by atoms with E-state index in [0.29, 0.717) is 17.2 Å². The van der Waals surface area contributed by atoms with Crippen LogP contribution in [0.5, 0.6) is 0 Å². The van der Waals surface area contributed by atoms with Gasteiger partial charge in [0.25, 0.3) is 0 Å². The lowest BCUT2D eigenvalue weighted by molar-refractivity contribution is -0.142. The molecule has 0 aromatic heterocycles. The van der Waals surface area contributed by atoms with Crippen molar-refractivity contribution in [2.75, 3.05) is 26.2 Å². The molecule has 2 aliphatic heterocycles. The first-order valence-corrected chi connectivity index (χ1v) is 7.29. The Morgan fingerprint density at radius 3 is 2.65 bits per heavy atom. The Kier molecular flexibility index (Phi) is 3.12. The summed E-state index contributed by atoms with van der Waals surface area (Å²) in [6.07, 6.45) is 8.66. The molecule has 1 saturated carbocycles. The number of carbonyl (C=O) groups excluding carboxylic acids is 1. The molecule has 1 unspecified atom stereocenters. The summed E-state index contributed by atoms with van der Waals surface area (Å²) in [6, 6.07) is 0. The Bertz CT molecular complexity index is 287. The van der Waals surface area contributed by atoms with E-state index in [9.17, 15) is 4.79 Å². The lowest BCUT2D eigenvalue weighted by atomic mass is 9.73. The molecule has 17 heavy (non-hydrogen) atoms. The van der Waals surface area contributed by atoms with Crippen molar-refractivity contribution in [1.29, 1.82) is 0 Å². The van der Waals surface area contributed by atoms with Crippen molar-refractivity contribution in [3.8, 4) is 0 Å². The summed E-state index contributed by atoms with van der Waals surface area (Å²) in [5.74, 6) is 0.836. The minimum atomic E-state index is 0.377. The highest BCUT2D eigenvalue weighted by atomic mass is 16.2. The van der Waals surface area contributed by atoms with E-state index in [1.807, 2.05) is 0 Å². The second-order valence-electron chi connectivity index (χ2n) is 6.27. The molecule has 0 bridgehead atoms. The van der Waals surface area contributed by atoms with Crippen LogP contribution in [0.4, 0.5) is 0 Å². The van der Waals surface area contributed by atoms with Crippen LogP contribution in [0.2, 0.25) is 0 Å². The van der Waals surface area contributed by atoms with Crippen molar-refractivity contribution in [3.63, 3.8) is 0 Å². The molecular formula is C14H24N2O. The SMILES string of the molecule is O=C(C1CCC1)N1CCCC2(CCCNC2)C1. The third-order valence-electron chi connectivity index (χ3n) is 4.99. The van der Waals surface area contributed by atoms with Crippen LogP contribution in [0.25, 0.3) is 0 Å². The lowest BCUT2D eigenvalue weighted by Gasteiger charge is -2.46. The van der Waals surface area contributed by atoms with Gasteiger partial charge in [-0.1, -0.05) is 6.42 Å². The Labute approximate surface area is 104 Å². The zero-order valence-electron chi connectivity index (χ0n) is 10.7. The number of carbonyl (C=O) groups is 1. The highest BCUT2D eigenvalue weighted by Crippen LogP contribution is 2.37. The molecule has 1 amide bonds. The average Bonchev–Trinajstić information content (AvgIpc) is 2.28. The van der Waals surface area contributed by atoms with E-state index >= 15 is 0 Å². The van der Waals surface area contributed by atoms with Crippen LogP contribution in [0.15, 0.2) is 0 Å².